The van der Waals surface area contributed by atoms with E-state index >= 15 is 0 Å². The second-order valence-electron chi connectivity index (χ2n) is 7.83. The number of hydrogen-bond acceptors (Lipinski definition) is 0. The fourth-order valence-corrected chi connectivity index (χ4v) is 3.15. The summed E-state index contributed by atoms with van der Waals surface area (Å²) in [7, 11) is 0. The van der Waals surface area contributed by atoms with Gasteiger partial charge in [-0.25, -0.2) is 0 Å². The van der Waals surface area contributed by atoms with Crippen molar-refractivity contribution in [1.29, 1.82) is 0 Å². The lowest BCUT2D eigenvalue weighted by molar-refractivity contribution is 0.507. The maximum atomic E-state index is 2.43. The molecule has 0 saturated carbocycles. The minimum Gasteiger partial charge on any atom is -0.0885 e. The zero-order valence-corrected chi connectivity index (χ0v) is 16.8. The van der Waals surface area contributed by atoms with Crippen molar-refractivity contribution in [3.8, 4) is 0 Å². The molecule has 0 aliphatic rings. The fraction of sp³-hybridized carbons (Fsp3) is 0.913. The fourth-order valence-electron chi connectivity index (χ4n) is 3.15. The first-order valence-corrected chi connectivity index (χ1v) is 10.9. The molecular formula is C23H46. The molecule has 0 unspecified atom stereocenters. The van der Waals surface area contributed by atoms with Gasteiger partial charge in [-0.2, -0.15) is 0 Å². The summed E-state index contributed by atoms with van der Waals surface area (Å²) >= 11 is 0. The summed E-state index contributed by atoms with van der Waals surface area (Å²) in [5, 5.41) is 0. The van der Waals surface area contributed by atoms with Crippen LogP contribution in [0.3, 0.4) is 0 Å². The molecule has 0 radical (unpaired) electrons. The van der Waals surface area contributed by atoms with Gasteiger partial charge in [0.15, 0.2) is 0 Å². The molecule has 0 heterocycles. The Kier molecular flexibility index (Phi) is 19.6. The predicted octanol–water partition coefficient (Wildman–Crippen LogP) is 8.85. The van der Waals surface area contributed by atoms with E-state index in [9.17, 15) is 0 Å². The van der Waals surface area contributed by atoms with Gasteiger partial charge in [0.25, 0.3) is 0 Å². The van der Waals surface area contributed by atoms with Crippen LogP contribution in [-0.4, -0.2) is 0 Å². The molecule has 0 amide bonds. The highest BCUT2D eigenvalue weighted by molar-refractivity contribution is 4.81. The van der Waals surface area contributed by atoms with Crippen LogP contribution in [0.1, 0.15) is 130 Å². The first kappa shape index (κ1) is 22.7. The van der Waals surface area contributed by atoms with E-state index in [2.05, 4.69) is 32.9 Å². The standard InChI is InChI=1S/C23H46/c1-4-5-6-7-8-9-10-11-12-13-14-15-16-17-18-19-20-21-22-23(2)3/h11-12,23H,4-10,13-22H2,1-3H3/b12-11+. The third-order valence-electron chi connectivity index (χ3n) is 4.79. The predicted molar refractivity (Wildman–Crippen MR) is 108 cm³/mol. The van der Waals surface area contributed by atoms with Crippen molar-refractivity contribution >= 4 is 0 Å². The minimum absolute atomic E-state index is 0.893. The lowest BCUT2D eigenvalue weighted by Gasteiger charge is -2.04. The molecule has 23 heavy (non-hydrogen) atoms. The molecule has 0 aromatic heterocycles. The number of hydrogen-bond donors (Lipinski definition) is 0. The average Bonchev–Trinajstić information content (AvgIpc) is 2.53. The molecule has 0 N–H and O–H groups in total. The van der Waals surface area contributed by atoms with Crippen molar-refractivity contribution in [2.45, 2.75) is 130 Å². The maximum absolute atomic E-state index is 2.43. The normalized spacial score (nSPS) is 11.8. The summed E-state index contributed by atoms with van der Waals surface area (Å²) < 4.78 is 0. The molecule has 0 aromatic carbocycles. The molecule has 138 valence electrons. The first-order chi connectivity index (χ1) is 11.3. The van der Waals surface area contributed by atoms with Crippen molar-refractivity contribution in [3.05, 3.63) is 12.2 Å². The first-order valence-electron chi connectivity index (χ1n) is 10.9. The molecular weight excluding hydrogens is 276 g/mol. The third-order valence-corrected chi connectivity index (χ3v) is 4.79. The van der Waals surface area contributed by atoms with E-state index in [1.165, 1.54) is 109 Å². The quantitative estimate of drug-likeness (QED) is 0.174. The van der Waals surface area contributed by atoms with Crippen LogP contribution in [0.5, 0.6) is 0 Å². The SMILES string of the molecule is CCCCCCCC/C=C/CCCCCCCCCCC(C)C. The van der Waals surface area contributed by atoms with Gasteiger partial charge >= 0.3 is 0 Å². The third kappa shape index (κ3) is 21.7. The topological polar surface area (TPSA) is 0 Å². The Balaban J connectivity index is 3.05. The van der Waals surface area contributed by atoms with Gasteiger partial charge in [-0.1, -0.05) is 116 Å². The van der Waals surface area contributed by atoms with E-state index in [4.69, 9.17) is 0 Å². The van der Waals surface area contributed by atoms with Crippen molar-refractivity contribution in [2.24, 2.45) is 5.92 Å². The van der Waals surface area contributed by atoms with Gasteiger partial charge in [-0.15, -0.1) is 0 Å². The van der Waals surface area contributed by atoms with Crippen LogP contribution in [0.15, 0.2) is 12.2 Å². The zero-order valence-electron chi connectivity index (χ0n) is 16.8. The number of unbranched alkanes of at least 4 members (excludes halogenated alkanes) is 14. The van der Waals surface area contributed by atoms with Crippen molar-refractivity contribution < 1.29 is 0 Å². The molecule has 0 spiro atoms. The van der Waals surface area contributed by atoms with E-state index in [1.807, 2.05) is 0 Å². The lowest BCUT2D eigenvalue weighted by Crippen LogP contribution is -1.87. The summed E-state index contributed by atoms with van der Waals surface area (Å²) in [4.78, 5) is 0. The molecule has 0 aliphatic carbocycles. The summed E-state index contributed by atoms with van der Waals surface area (Å²) in [5.74, 6) is 0.893. The van der Waals surface area contributed by atoms with Gasteiger partial charge in [0.1, 0.15) is 0 Å². The van der Waals surface area contributed by atoms with Crippen molar-refractivity contribution in [1.82, 2.24) is 0 Å². The summed E-state index contributed by atoms with van der Waals surface area (Å²) in [6, 6.07) is 0. The maximum Gasteiger partial charge on any atom is -0.0351 e. The van der Waals surface area contributed by atoms with Crippen LogP contribution in [0.2, 0.25) is 0 Å². The zero-order chi connectivity index (χ0) is 17.0. The Hall–Kier alpha value is -0.260. The van der Waals surface area contributed by atoms with Gasteiger partial charge in [-0.05, 0) is 31.6 Å². The van der Waals surface area contributed by atoms with Crippen LogP contribution < -0.4 is 0 Å². The Morgan fingerprint density at radius 2 is 0.913 bits per heavy atom. The van der Waals surface area contributed by atoms with Crippen LogP contribution in [0.25, 0.3) is 0 Å². The van der Waals surface area contributed by atoms with E-state index < -0.39 is 0 Å². The van der Waals surface area contributed by atoms with Crippen LogP contribution in [-0.2, 0) is 0 Å². The van der Waals surface area contributed by atoms with E-state index in [1.54, 1.807) is 0 Å². The summed E-state index contributed by atoms with van der Waals surface area (Å²) in [6.45, 7) is 6.96. The molecule has 0 nitrogen and oxygen atoms in total. The highest BCUT2D eigenvalue weighted by Crippen LogP contribution is 2.13. The highest BCUT2D eigenvalue weighted by atomic mass is 14.0. The monoisotopic (exact) mass is 322 g/mol. The second-order valence-corrected chi connectivity index (χ2v) is 7.83. The van der Waals surface area contributed by atoms with Gasteiger partial charge in [0.05, 0.1) is 0 Å². The van der Waals surface area contributed by atoms with Gasteiger partial charge in [0, 0.05) is 0 Å². The average molecular weight is 323 g/mol. The Labute approximate surface area is 148 Å². The molecule has 0 atom stereocenters. The summed E-state index contributed by atoms with van der Waals surface area (Å²) in [6.07, 6.45) is 29.0. The molecule has 0 heteroatoms. The van der Waals surface area contributed by atoms with E-state index in [-0.39, 0.29) is 0 Å². The van der Waals surface area contributed by atoms with Crippen LogP contribution >= 0.6 is 0 Å². The van der Waals surface area contributed by atoms with E-state index in [0.29, 0.717) is 0 Å². The van der Waals surface area contributed by atoms with Crippen LogP contribution in [0, 0.1) is 5.92 Å². The highest BCUT2D eigenvalue weighted by Gasteiger charge is 1.95. The number of allylic oxidation sites excluding steroid dienone is 2. The largest absolute Gasteiger partial charge is 0.0885 e. The van der Waals surface area contributed by atoms with E-state index in [0.717, 1.165) is 5.92 Å². The Morgan fingerprint density at radius 3 is 1.35 bits per heavy atom. The minimum atomic E-state index is 0.893. The molecule has 0 saturated heterocycles. The van der Waals surface area contributed by atoms with Gasteiger partial charge in [0.2, 0.25) is 0 Å². The smallest absolute Gasteiger partial charge is 0.0351 e. The molecule has 0 fully saturated rings. The second kappa shape index (κ2) is 19.8. The molecule has 0 aromatic rings. The van der Waals surface area contributed by atoms with Crippen molar-refractivity contribution in [2.75, 3.05) is 0 Å². The van der Waals surface area contributed by atoms with Gasteiger partial charge in [-0.3, -0.25) is 0 Å². The van der Waals surface area contributed by atoms with Crippen molar-refractivity contribution in [3.63, 3.8) is 0 Å². The number of rotatable bonds is 18. The molecule has 0 aliphatic heterocycles. The van der Waals surface area contributed by atoms with Gasteiger partial charge < -0.3 is 0 Å². The van der Waals surface area contributed by atoms with Crippen LogP contribution in [0.4, 0.5) is 0 Å². The molecule has 0 rings (SSSR count). The Bertz CT molecular complexity index is 226. The molecule has 0 bridgehead atoms. The Morgan fingerprint density at radius 1 is 0.522 bits per heavy atom. The lowest BCUT2D eigenvalue weighted by atomic mass is 10.0. The summed E-state index contributed by atoms with van der Waals surface area (Å²) in [5.41, 5.74) is 0.